The maximum atomic E-state index is 12.1. The summed E-state index contributed by atoms with van der Waals surface area (Å²) < 4.78 is 10.4. The second-order valence-electron chi connectivity index (χ2n) is 5.55. The molecule has 1 aromatic carbocycles. The van der Waals surface area contributed by atoms with Crippen LogP contribution in [0.1, 0.15) is 28.3 Å². The van der Waals surface area contributed by atoms with Crippen LogP contribution in [0, 0.1) is 20.8 Å². The van der Waals surface area contributed by atoms with Gasteiger partial charge in [-0.05, 0) is 56.7 Å². The third kappa shape index (κ3) is 4.76. The van der Waals surface area contributed by atoms with E-state index >= 15 is 0 Å². The van der Waals surface area contributed by atoms with E-state index in [1.807, 2.05) is 32.9 Å². The van der Waals surface area contributed by atoms with Gasteiger partial charge >= 0.3 is 0 Å². The molecule has 1 aromatic heterocycles. The van der Waals surface area contributed by atoms with Crippen molar-refractivity contribution in [1.29, 1.82) is 0 Å². The molecule has 2 aromatic rings. The molecule has 0 radical (unpaired) electrons. The van der Waals surface area contributed by atoms with Gasteiger partial charge in [0, 0.05) is 0 Å². The highest BCUT2D eigenvalue weighted by atomic mass is 16.5. The molecular formula is C20H22N2O3. The van der Waals surface area contributed by atoms with Crippen LogP contribution in [0.3, 0.4) is 0 Å². The molecule has 130 valence electrons. The fourth-order valence-electron chi connectivity index (χ4n) is 2.24. The molecule has 0 fully saturated rings. The van der Waals surface area contributed by atoms with Crippen LogP contribution in [0.2, 0.25) is 0 Å². The summed E-state index contributed by atoms with van der Waals surface area (Å²) in [7, 11) is 3.16. The van der Waals surface area contributed by atoms with Crippen LogP contribution in [0.4, 0.5) is 0 Å². The molecule has 0 amide bonds. The summed E-state index contributed by atoms with van der Waals surface area (Å²) >= 11 is 0. The maximum Gasteiger partial charge on any atom is 0.178 e. The van der Waals surface area contributed by atoms with Crippen molar-refractivity contribution in [3.63, 3.8) is 0 Å². The number of ketones is 1. The third-order valence-corrected chi connectivity index (χ3v) is 3.77. The lowest BCUT2D eigenvalue weighted by Crippen LogP contribution is -1.99. The minimum Gasteiger partial charge on any atom is -0.493 e. The monoisotopic (exact) mass is 338 g/mol. The normalized spacial score (nSPS) is 11.2. The molecule has 0 atom stereocenters. The number of hydrogen-bond donors (Lipinski definition) is 0. The van der Waals surface area contributed by atoms with E-state index in [-0.39, 0.29) is 5.78 Å². The number of aromatic nitrogens is 2. The van der Waals surface area contributed by atoms with Gasteiger partial charge < -0.3 is 9.47 Å². The molecule has 0 N–H and O–H groups in total. The largest absolute Gasteiger partial charge is 0.493 e. The Balaban J connectivity index is 2.12. The molecule has 5 nitrogen and oxygen atoms in total. The Bertz CT molecular complexity index is 839. The van der Waals surface area contributed by atoms with Gasteiger partial charge in [-0.25, -0.2) is 4.98 Å². The van der Waals surface area contributed by atoms with E-state index in [1.54, 1.807) is 32.4 Å². The third-order valence-electron chi connectivity index (χ3n) is 3.77. The van der Waals surface area contributed by atoms with E-state index in [9.17, 15) is 4.79 Å². The predicted molar refractivity (Wildman–Crippen MR) is 98.9 cm³/mol. The van der Waals surface area contributed by atoms with Crippen LogP contribution >= 0.6 is 0 Å². The summed E-state index contributed by atoms with van der Waals surface area (Å²) in [5.74, 6) is 1.14. The summed E-state index contributed by atoms with van der Waals surface area (Å²) in [6.07, 6.45) is 6.41. The number of methoxy groups -OCH3 is 2. The van der Waals surface area contributed by atoms with Crippen LogP contribution in [0.15, 0.2) is 30.4 Å². The van der Waals surface area contributed by atoms with Gasteiger partial charge in [-0.15, -0.1) is 0 Å². The first-order chi connectivity index (χ1) is 11.9. The van der Waals surface area contributed by atoms with Crippen LogP contribution in [-0.2, 0) is 4.79 Å². The van der Waals surface area contributed by atoms with Crippen molar-refractivity contribution in [2.75, 3.05) is 14.2 Å². The number of aryl methyl sites for hydroxylation is 3. The summed E-state index contributed by atoms with van der Waals surface area (Å²) in [6.45, 7) is 5.70. The highest BCUT2D eigenvalue weighted by Crippen LogP contribution is 2.27. The molecule has 0 saturated carbocycles. The van der Waals surface area contributed by atoms with Crippen molar-refractivity contribution in [2.45, 2.75) is 20.8 Å². The Morgan fingerprint density at radius 2 is 1.52 bits per heavy atom. The van der Waals surface area contributed by atoms with Gasteiger partial charge in [0.05, 0.1) is 37.0 Å². The number of rotatable bonds is 6. The van der Waals surface area contributed by atoms with Crippen LogP contribution in [0.25, 0.3) is 12.2 Å². The second-order valence-corrected chi connectivity index (χ2v) is 5.55. The minimum atomic E-state index is -0.130. The average Bonchev–Trinajstić information content (AvgIpc) is 2.61. The average molecular weight is 338 g/mol. The topological polar surface area (TPSA) is 61.3 Å². The van der Waals surface area contributed by atoms with Crippen molar-refractivity contribution in [3.8, 4) is 11.5 Å². The lowest BCUT2D eigenvalue weighted by molar-refractivity contribution is -0.110. The Labute approximate surface area is 148 Å². The van der Waals surface area contributed by atoms with E-state index < -0.39 is 0 Å². The molecule has 25 heavy (non-hydrogen) atoms. The predicted octanol–water partition coefficient (Wildman–Crippen LogP) is 3.71. The zero-order valence-corrected chi connectivity index (χ0v) is 15.2. The lowest BCUT2D eigenvalue weighted by Gasteiger charge is -2.07. The number of carbonyl (C=O) groups excluding carboxylic acids is 1. The van der Waals surface area contributed by atoms with Gasteiger partial charge in [0.1, 0.15) is 0 Å². The van der Waals surface area contributed by atoms with Crippen LogP contribution in [0.5, 0.6) is 11.5 Å². The number of ether oxygens (including phenoxy) is 2. The maximum absolute atomic E-state index is 12.1. The molecule has 0 unspecified atom stereocenters. The molecule has 0 saturated heterocycles. The molecule has 0 spiro atoms. The quantitative estimate of drug-likeness (QED) is 0.751. The molecule has 0 bridgehead atoms. The first-order valence-corrected chi connectivity index (χ1v) is 7.88. The van der Waals surface area contributed by atoms with E-state index in [4.69, 9.17) is 9.47 Å². The van der Waals surface area contributed by atoms with Crippen molar-refractivity contribution in [2.24, 2.45) is 0 Å². The molecular weight excluding hydrogens is 316 g/mol. The Morgan fingerprint density at radius 3 is 2.20 bits per heavy atom. The van der Waals surface area contributed by atoms with E-state index in [2.05, 4.69) is 9.97 Å². The summed E-state index contributed by atoms with van der Waals surface area (Å²) in [4.78, 5) is 20.9. The Kier molecular flexibility index (Phi) is 6.06. The van der Waals surface area contributed by atoms with Crippen molar-refractivity contribution < 1.29 is 14.3 Å². The zero-order valence-electron chi connectivity index (χ0n) is 15.2. The highest BCUT2D eigenvalue weighted by Gasteiger charge is 2.04. The molecule has 2 rings (SSSR count). The molecule has 5 heteroatoms. The van der Waals surface area contributed by atoms with Gasteiger partial charge in [-0.1, -0.05) is 12.1 Å². The van der Waals surface area contributed by atoms with Gasteiger partial charge in [0.25, 0.3) is 0 Å². The Morgan fingerprint density at radius 1 is 0.880 bits per heavy atom. The van der Waals surface area contributed by atoms with Gasteiger partial charge in [0.15, 0.2) is 17.3 Å². The van der Waals surface area contributed by atoms with Crippen molar-refractivity contribution in [3.05, 3.63) is 58.7 Å². The summed E-state index contributed by atoms with van der Waals surface area (Å²) in [5, 5.41) is 0. The SMILES string of the molecule is COc1ccc(/C=C/C(=O)/C=C/c2nc(C)c(C)nc2C)cc1OC. The number of allylic oxidation sites excluding steroid dienone is 2. The number of carbonyl (C=O) groups is 1. The van der Waals surface area contributed by atoms with E-state index in [1.165, 1.54) is 12.2 Å². The standard InChI is InChI=1S/C20H22N2O3/c1-13-14(2)22-18(15(3)21-13)10-9-17(23)8-6-16-7-11-19(24-4)20(12-16)25-5/h6-12H,1-5H3/b8-6+,10-9+. The second kappa shape index (κ2) is 8.24. The van der Waals surface area contributed by atoms with E-state index in [0.717, 1.165) is 22.6 Å². The first kappa shape index (κ1) is 18.4. The van der Waals surface area contributed by atoms with Crippen molar-refractivity contribution in [1.82, 2.24) is 9.97 Å². The fraction of sp³-hybridized carbons (Fsp3) is 0.250. The number of hydrogen-bond acceptors (Lipinski definition) is 5. The highest BCUT2D eigenvalue weighted by molar-refractivity contribution is 6.04. The lowest BCUT2D eigenvalue weighted by atomic mass is 10.1. The summed E-state index contributed by atoms with van der Waals surface area (Å²) in [6, 6.07) is 5.46. The molecule has 0 aliphatic heterocycles. The van der Waals surface area contributed by atoms with Gasteiger partial charge in [0.2, 0.25) is 0 Å². The zero-order chi connectivity index (χ0) is 18.4. The number of nitrogens with zero attached hydrogens (tertiary/aromatic N) is 2. The smallest absolute Gasteiger partial charge is 0.178 e. The first-order valence-electron chi connectivity index (χ1n) is 7.88. The van der Waals surface area contributed by atoms with Gasteiger partial charge in [-0.2, -0.15) is 0 Å². The van der Waals surface area contributed by atoms with Crippen LogP contribution < -0.4 is 9.47 Å². The molecule has 0 aliphatic rings. The number of benzene rings is 1. The minimum absolute atomic E-state index is 0.130. The van der Waals surface area contributed by atoms with Gasteiger partial charge in [-0.3, -0.25) is 9.78 Å². The Hall–Kier alpha value is -2.95. The van der Waals surface area contributed by atoms with Crippen molar-refractivity contribution >= 4 is 17.9 Å². The molecule has 0 aliphatic carbocycles. The van der Waals surface area contributed by atoms with E-state index in [0.29, 0.717) is 17.2 Å². The fourth-order valence-corrected chi connectivity index (χ4v) is 2.24. The summed E-state index contributed by atoms with van der Waals surface area (Å²) in [5.41, 5.74) is 4.11. The van der Waals surface area contributed by atoms with Crippen LogP contribution in [-0.4, -0.2) is 30.0 Å². The molecule has 1 heterocycles.